The predicted octanol–water partition coefficient (Wildman–Crippen LogP) is 3.23. The van der Waals surface area contributed by atoms with Gasteiger partial charge < -0.3 is 5.73 Å². The van der Waals surface area contributed by atoms with E-state index >= 15 is 0 Å². The van der Waals surface area contributed by atoms with Crippen LogP contribution in [0.15, 0.2) is 17.0 Å². The molecule has 1 aliphatic heterocycles. The number of rotatable bonds is 4. The molecule has 0 aromatic heterocycles. The summed E-state index contributed by atoms with van der Waals surface area (Å²) in [5.41, 5.74) is 8.10. The molecule has 1 aromatic rings. The topological polar surface area (TPSA) is 63.4 Å². The summed E-state index contributed by atoms with van der Waals surface area (Å²) in [7, 11) is -3.51. The second-order valence-electron chi connectivity index (χ2n) is 5.98. The quantitative estimate of drug-likeness (QED) is 0.868. The Labute approximate surface area is 128 Å². The second-order valence-corrected chi connectivity index (χ2v) is 7.81. The lowest BCUT2D eigenvalue weighted by Crippen LogP contribution is -2.44. The fourth-order valence-electron chi connectivity index (χ4n) is 3.18. The number of hydrogen-bond donors (Lipinski definition) is 1. The van der Waals surface area contributed by atoms with Gasteiger partial charge in [0.1, 0.15) is 4.90 Å². The van der Waals surface area contributed by atoms with E-state index in [9.17, 15) is 8.42 Å². The number of nitrogens with two attached hydrogens (primary N) is 1. The van der Waals surface area contributed by atoms with Gasteiger partial charge >= 0.3 is 0 Å². The molecule has 0 bridgehead atoms. The third-order valence-electron chi connectivity index (χ3n) is 4.47. The maximum Gasteiger partial charge on any atom is 0.245 e. The minimum absolute atomic E-state index is 0.119. The molecule has 1 aromatic carbocycles. The molecule has 4 nitrogen and oxygen atoms in total. The van der Waals surface area contributed by atoms with Crippen molar-refractivity contribution in [2.75, 3.05) is 12.3 Å². The zero-order chi connectivity index (χ0) is 15.6. The Hall–Kier alpha value is -1.07. The van der Waals surface area contributed by atoms with Crippen molar-refractivity contribution < 1.29 is 8.42 Å². The molecule has 1 fully saturated rings. The predicted molar refractivity (Wildman–Crippen MR) is 86.8 cm³/mol. The number of hydrogen-bond acceptors (Lipinski definition) is 3. The van der Waals surface area contributed by atoms with Crippen molar-refractivity contribution >= 4 is 15.7 Å². The standard InChI is InChI=1S/C16H26N2O2S/c1-4-7-14-8-5-6-11-18(14)21(19,20)16-13(3)12(2)9-10-15(16)17/h9-10,14H,4-8,11,17H2,1-3H3. The van der Waals surface area contributed by atoms with Crippen LogP contribution in [0.4, 0.5) is 5.69 Å². The third-order valence-corrected chi connectivity index (χ3v) is 6.62. The summed E-state index contributed by atoms with van der Waals surface area (Å²) in [6, 6.07) is 3.70. The van der Waals surface area contributed by atoms with E-state index in [1.807, 2.05) is 19.9 Å². The van der Waals surface area contributed by atoms with Gasteiger partial charge in [-0.25, -0.2) is 8.42 Å². The van der Waals surface area contributed by atoms with Crippen molar-refractivity contribution in [2.45, 2.75) is 63.8 Å². The Morgan fingerprint density at radius 1 is 1.29 bits per heavy atom. The molecule has 1 heterocycles. The average Bonchev–Trinajstić information content (AvgIpc) is 2.44. The van der Waals surface area contributed by atoms with Crippen molar-refractivity contribution in [3.63, 3.8) is 0 Å². The Morgan fingerprint density at radius 2 is 2.00 bits per heavy atom. The molecule has 0 aliphatic carbocycles. The molecular formula is C16H26N2O2S. The highest BCUT2D eigenvalue weighted by Crippen LogP contribution is 2.33. The highest BCUT2D eigenvalue weighted by Gasteiger charge is 2.35. The van der Waals surface area contributed by atoms with Gasteiger partial charge in [-0.1, -0.05) is 25.8 Å². The SMILES string of the molecule is CCCC1CCCCN1S(=O)(=O)c1c(N)ccc(C)c1C. The van der Waals surface area contributed by atoms with E-state index in [1.54, 1.807) is 10.4 Å². The minimum Gasteiger partial charge on any atom is -0.398 e. The zero-order valence-corrected chi connectivity index (χ0v) is 14.0. The Bertz CT molecular complexity index is 609. The molecule has 0 spiro atoms. The summed E-state index contributed by atoms with van der Waals surface area (Å²) in [5.74, 6) is 0. The first-order chi connectivity index (χ1) is 9.89. The van der Waals surface area contributed by atoms with Crippen molar-refractivity contribution in [1.29, 1.82) is 0 Å². The molecule has 1 aliphatic rings. The molecule has 0 radical (unpaired) electrons. The molecule has 1 atom stereocenters. The normalized spacial score (nSPS) is 20.6. The minimum atomic E-state index is -3.51. The Morgan fingerprint density at radius 3 is 2.67 bits per heavy atom. The number of nitrogen functional groups attached to an aromatic ring is 1. The molecular weight excluding hydrogens is 284 g/mol. The summed E-state index contributed by atoms with van der Waals surface area (Å²) < 4.78 is 27.9. The lowest BCUT2D eigenvalue weighted by atomic mass is 10.0. The second kappa shape index (κ2) is 6.36. The first-order valence-corrected chi connectivity index (χ1v) is 9.21. The van der Waals surface area contributed by atoms with Crippen LogP contribution in [0.5, 0.6) is 0 Å². The summed E-state index contributed by atoms with van der Waals surface area (Å²) >= 11 is 0. The van der Waals surface area contributed by atoms with Crippen molar-refractivity contribution in [3.05, 3.63) is 23.3 Å². The van der Waals surface area contributed by atoms with Crippen molar-refractivity contribution in [3.8, 4) is 0 Å². The van der Waals surface area contributed by atoms with Crippen LogP contribution in [0.2, 0.25) is 0 Å². The smallest absolute Gasteiger partial charge is 0.245 e. The lowest BCUT2D eigenvalue weighted by Gasteiger charge is -2.35. The fourth-order valence-corrected chi connectivity index (χ4v) is 5.30. The van der Waals surface area contributed by atoms with Crippen molar-refractivity contribution in [2.24, 2.45) is 0 Å². The maximum absolute atomic E-state index is 13.1. The first kappa shape index (κ1) is 16.3. The molecule has 0 saturated carbocycles. The molecule has 1 unspecified atom stereocenters. The Balaban J connectivity index is 2.48. The van der Waals surface area contributed by atoms with Gasteiger partial charge in [0.25, 0.3) is 0 Å². The zero-order valence-electron chi connectivity index (χ0n) is 13.2. The lowest BCUT2D eigenvalue weighted by molar-refractivity contribution is 0.239. The molecule has 118 valence electrons. The van der Waals surface area contributed by atoms with E-state index in [0.717, 1.165) is 43.2 Å². The monoisotopic (exact) mass is 310 g/mol. The number of anilines is 1. The summed E-state index contributed by atoms with van der Waals surface area (Å²) in [6.07, 6.45) is 4.92. The van der Waals surface area contributed by atoms with Crippen LogP contribution in [0.1, 0.15) is 50.2 Å². The molecule has 2 N–H and O–H groups in total. The Kier molecular flexibility index (Phi) is 4.94. The number of aryl methyl sites for hydroxylation is 1. The number of benzene rings is 1. The largest absolute Gasteiger partial charge is 0.398 e. The van der Waals surface area contributed by atoms with Gasteiger partial charge in [-0.05, 0) is 50.3 Å². The van der Waals surface area contributed by atoms with E-state index in [-0.39, 0.29) is 6.04 Å². The van der Waals surface area contributed by atoms with Gasteiger partial charge in [0, 0.05) is 12.6 Å². The molecule has 1 saturated heterocycles. The van der Waals surface area contributed by atoms with Gasteiger partial charge in [0.2, 0.25) is 10.0 Å². The maximum atomic E-state index is 13.1. The van der Waals surface area contributed by atoms with Crippen LogP contribution in [0.25, 0.3) is 0 Å². The highest BCUT2D eigenvalue weighted by molar-refractivity contribution is 7.89. The van der Waals surface area contributed by atoms with Gasteiger partial charge in [-0.2, -0.15) is 4.31 Å². The van der Waals surface area contributed by atoms with E-state index in [0.29, 0.717) is 17.1 Å². The van der Waals surface area contributed by atoms with Crippen molar-refractivity contribution in [1.82, 2.24) is 4.31 Å². The first-order valence-electron chi connectivity index (χ1n) is 7.77. The van der Waals surface area contributed by atoms with Crippen LogP contribution >= 0.6 is 0 Å². The number of sulfonamides is 1. The number of piperidine rings is 1. The molecule has 2 rings (SSSR count). The summed E-state index contributed by atoms with van der Waals surface area (Å²) in [4.78, 5) is 0.311. The van der Waals surface area contributed by atoms with E-state index < -0.39 is 10.0 Å². The van der Waals surface area contributed by atoms with Gasteiger partial charge in [0.05, 0.1) is 5.69 Å². The summed E-state index contributed by atoms with van der Waals surface area (Å²) in [5, 5.41) is 0. The van der Waals surface area contributed by atoms with E-state index in [2.05, 4.69) is 6.92 Å². The summed E-state index contributed by atoms with van der Waals surface area (Å²) in [6.45, 7) is 6.48. The third kappa shape index (κ3) is 3.09. The van der Waals surface area contributed by atoms with Gasteiger partial charge in [-0.15, -0.1) is 0 Å². The number of nitrogens with zero attached hydrogens (tertiary/aromatic N) is 1. The van der Waals surface area contributed by atoms with Gasteiger partial charge in [0.15, 0.2) is 0 Å². The highest BCUT2D eigenvalue weighted by atomic mass is 32.2. The van der Waals surface area contributed by atoms with Crippen LogP contribution < -0.4 is 5.73 Å². The van der Waals surface area contributed by atoms with Gasteiger partial charge in [-0.3, -0.25) is 0 Å². The fraction of sp³-hybridized carbons (Fsp3) is 0.625. The van der Waals surface area contributed by atoms with Crippen LogP contribution in [0.3, 0.4) is 0 Å². The van der Waals surface area contributed by atoms with E-state index in [4.69, 9.17) is 5.73 Å². The molecule has 21 heavy (non-hydrogen) atoms. The van der Waals surface area contributed by atoms with Crippen LogP contribution in [-0.4, -0.2) is 25.3 Å². The van der Waals surface area contributed by atoms with Crippen LogP contribution in [0, 0.1) is 13.8 Å². The molecule has 0 amide bonds. The van der Waals surface area contributed by atoms with Crippen LogP contribution in [-0.2, 0) is 10.0 Å². The van der Waals surface area contributed by atoms with E-state index in [1.165, 1.54) is 0 Å². The molecule has 5 heteroatoms. The average molecular weight is 310 g/mol.